The summed E-state index contributed by atoms with van der Waals surface area (Å²) in [6.07, 6.45) is 0.658. The summed E-state index contributed by atoms with van der Waals surface area (Å²) in [6.45, 7) is 7.44. The van der Waals surface area contributed by atoms with Crippen molar-refractivity contribution in [2.75, 3.05) is 45.8 Å². The highest BCUT2D eigenvalue weighted by Crippen LogP contribution is 2.17. The van der Waals surface area contributed by atoms with Crippen LogP contribution in [0.3, 0.4) is 0 Å². The molecule has 2 rings (SSSR count). The minimum Gasteiger partial charge on any atom is -0.342 e. The first-order chi connectivity index (χ1) is 13.3. The van der Waals surface area contributed by atoms with Gasteiger partial charge in [0.1, 0.15) is 0 Å². The fraction of sp³-hybridized carbons (Fsp3) is 0.611. The van der Waals surface area contributed by atoms with E-state index in [1.807, 2.05) is 18.7 Å². The lowest BCUT2D eigenvalue weighted by molar-refractivity contribution is -0.384. The molecule has 0 aromatic heterocycles. The molecule has 0 spiro atoms. The van der Waals surface area contributed by atoms with E-state index >= 15 is 0 Å². The summed E-state index contributed by atoms with van der Waals surface area (Å²) in [5, 5.41) is 10.7. The minimum absolute atomic E-state index is 0.0622. The summed E-state index contributed by atoms with van der Waals surface area (Å²) in [5.74, 6) is -0.129. The predicted molar refractivity (Wildman–Crippen MR) is 106 cm³/mol. The summed E-state index contributed by atoms with van der Waals surface area (Å²) < 4.78 is 27.0. The number of likely N-dealkylation sites (N-methyl/N-ethyl adjacent to an activating group) is 1. The Morgan fingerprint density at radius 1 is 1.11 bits per heavy atom. The fourth-order valence-electron chi connectivity index (χ4n) is 3.27. The second kappa shape index (κ2) is 9.94. The number of carbonyl (C=O) groups excluding carboxylic acids is 1. The van der Waals surface area contributed by atoms with Crippen molar-refractivity contribution in [3.8, 4) is 0 Å². The molecule has 1 aromatic rings. The number of benzene rings is 1. The summed E-state index contributed by atoms with van der Waals surface area (Å²) in [7, 11) is -3.53. The third-order valence-corrected chi connectivity index (χ3v) is 6.76. The van der Waals surface area contributed by atoms with Crippen molar-refractivity contribution in [2.45, 2.75) is 26.0 Å². The highest BCUT2D eigenvalue weighted by molar-refractivity contribution is 7.88. The van der Waals surface area contributed by atoms with Crippen LogP contribution in [0.4, 0.5) is 5.69 Å². The summed E-state index contributed by atoms with van der Waals surface area (Å²) in [5.41, 5.74) is 0.452. The topological polar surface area (TPSA) is 104 Å². The summed E-state index contributed by atoms with van der Waals surface area (Å²) in [4.78, 5) is 26.3. The van der Waals surface area contributed by atoms with Gasteiger partial charge in [-0.1, -0.05) is 12.1 Å². The molecule has 1 saturated heterocycles. The van der Waals surface area contributed by atoms with E-state index < -0.39 is 14.9 Å². The molecule has 1 heterocycles. The molecule has 10 heteroatoms. The zero-order valence-corrected chi connectivity index (χ0v) is 17.2. The van der Waals surface area contributed by atoms with Crippen LogP contribution in [0.2, 0.25) is 0 Å². The molecule has 0 bridgehead atoms. The average molecular weight is 413 g/mol. The lowest BCUT2D eigenvalue weighted by atomic mass is 10.2. The van der Waals surface area contributed by atoms with Crippen LogP contribution in [-0.2, 0) is 20.6 Å². The Bertz CT molecular complexity index is 778. The maximum Gasteiger partial charge on any atom is 0.269 e. The first-order valence-corrected chi connectivity index (χ1v) is 11.1. The fourth-order valence-corrected chi connectivity index (χ4v) is 4.83. The molecule has 28 heavy (non-hydrogen) atoms. The minimum atomic E-state index is -3.53. The lowest BCUT2D eigenvalue weighted by Gasteiger charge is -2.25. The molecule has 1 aliphatic heterocycles. The van der Waals surface area contributed by atoms with E-state index in [0.717, 1.165) is 0 Å². The molecule has 9 nitrogen and oxygen atoms in total. The van der Waals surface area contributed by atoms with E-state index in [-0.39, 0.29) is 17.3 Å². The first kappa shape index (κ1) is 22.3. The number of amides is 1. The largest absolute Gasteiger partial charge is 0.342 e. The third-order valence-electron chi connectivity index (χ3n) is 4.91. The van der Waals surface area contributed by atoms with Gasteiger partial charge < -0.3 is 4.90 Å². The number of hydrogen-bond donors (Lipinski definition) is 0. The van der Waals surface area contributed by atoms with Crippen molar-refractivity contribution in [1.29, 1.82) is 0 Å². The number of hydrogen-bond acceptors (Lipinski definition) is 6. The maximum atomic E-state index is 12.8. The van der Waals surface area contributed by atoms with Crippen LogP contribution in [0.15, 0.2) is 24.3 Å². The molecule has 0 atom stereocenters. The number of sulfonamides is 1. The number of nitrogens with zero attached hydrogens (tertiary/aromatic N) is 4. The number of non-ortho nitro benzene ring substituents is 1. The number of carbonyl (C=O) groups is 1. The van der Waals surface area contributed by atoms with Crippen LogP contribution in [0.5, 0.6) is 0 Å². The van der Waals surface area contributed by atoms with Gasteiger partial charge in [-0.2, -0.15) is 0 Å². The highest BCUT2D eigenvalue weighted by Gasteiger charge is 2.26. The number of rotatable bonds is 8. The van der Waals surface area contributed by atoms with E-state index in [1.54, 1.807) is 4.90 Å². The van der Waals surface area contributed by atoms with E-state index in [4.69, 9.17) is 0 Å². The number of nitro benzene ring substituents is 1. The maximum absolute atomic E-state index is 12.8. The quantitative estimate of drug-likeness (QED) is 0.471. The van der Waals surface area contributed by atoms with E-state index in [9.17, 15) is 23.3 Å². The molecule has 1 aromatic carbocycles. The van der Waals surface area contributed by atoms with Crippen molar-refractivity contribution in [3.05, 3.63) is 39.9 Å². The van der Waals surface area contributed by atoms with Crippen LogP contribution in [-0.4, -0.2) is 79.2 Å². The van der Waals surface area contributed by atoms with Crippen LogP contribution in [0.25, 0.3) is 0 Å². The van der Waals surface area contributed by atoms with Gasteiger partial charge in [0, 0.05) is 44.9 Å². The lowest BCUT2D eigenvalue weighted by Crippen LogP contribution is -2.42. The predicted octanol–water partition coefficient (Wildman–Crippen LogP) is 1.30. The molecule has 0 aliphatic carbocycles. The normalized spacial score (nSPS) is 16.5. The second-order valence-electron chi connectivity index (χ2n) is 6.77. The Balaban J connectivity index is 1.96. The highest BCUT2D eigenvalue weighted by atomic mass is 32.2. The second-order valence-corrected chi connectivity index (χ2v) is 8.74. The monoisotopic (exact) mass is 412 g/mol. The Morgan fingerprint density at radius 3 is 2.32 bits per heavy atom. The summed E-state index contributed by atoms with van der Waals surface area (Å²) in [6, 6.07) is 5.58. The van der Waals surface area contributed by atoms with E-state index in [2.05, 4.69) is 0 Å². The molecule has 0 unspecified atom stereocenters. The van der Waals surface area contributed by atoms with Gasteiger partial charge in [0.25, 0.3) is 5.69 Å². The Hall–Kier alpha value is -2.04. The van der Waals surface area contributed by atoms with E-state index in [1.165, 1.54) is 28.6 Å². The van der Waals surface area contributed by atoms with Crippen molar-refractivity contribution in [2.24, 2.45) is 0 Å². The van der Waals surface area contributed by atoms with Crippen LogP contribution < -0.4 is 0 Å². The standard InChI is InChI=1S/C18H28N4O5S/c1-3-20(4-2)18(23)14-19-10-5-11-21(13-12-19)28(26,27)15-16-6-8-17(9-7-16)22(24)25/h6-9H,3-5,10-15H2,1-2H3. The number of nitro groups is 1. The van der Waals surface area contributed by atoms with E-state index in [0.29, 0.717) is 57.8 Å². The van der Waals surface area contributed by atoms with Crippen molar-refractivity contribution < 1.29 is 18.1 Å². The molecule has 0 N–H and O–H groups in total. The van der Waals surface area contributed by atoms with Gasteiger partial charge in [-0.25, -0.2) is 12.7 Å². The van der Waals surface area contributed by atoms with Gasteiger partial charge >= 0.3 is 0 Å². The zero-order valence-electron chi connectivity index (χ0n) is 16.4. The van der Waals surface area contributed by atoms with Crippen molar-refractivity contribution >= 4 is 21.6 Å². The Morgan fingerprint density at radius 2 is 1.75 bits per heavy atom. The van der Waals surface area contributed by atoms with Gasteiger partial charge in [-0.15, -0.1) is 0 Å². The molecular weight excluding hydrogens is 384 g/mol. The zero-order chi connectivity index (χ0) is 20.7. The van der Waals surface area contributed by atoms with Crippen LogP contribution >= 0.6 is 0 Å². The van der Waals surface area contributed by atoms with Gasteiger partial charge in [0.15, 0.2) is 0 Å². The Labute approximate surface area is 166 Å². The Kier molecular flexibility index (Phi) is 7.90. The van der Waals surface area contributed by atoms with Gasteiger partial charge in [-0.3, -0.25) is 19.8 Å². The third kappa shape index (κ3) is 5.98. The van der Waals surface area contributed by atoms with Crippen molar-refractivity contribution in [1.82, 2.24) is 14.1 Å². The van der Waals surface area contributed by atoms with Gasteiger partial charge in [0.2, 0.25) is 15.9 Å². The van der Waals surface area contributed by atoms with Crippen molar-refractivity contribution in [3.63, 3.8) is 0 Å². The van der Waals surface area contributed by atoms with Gasteiger partial charge in [0.05, 0.1) is 17.2 Å². The van der Waals surface area contributed by atoms with Gasteiger partial charge in [-0.05, 0) is 32.4 Å². The molecule has 1 amide bonds. The first-order valence-electron chi connectivity index (χ1n) is 9.48. The molecule has 156 valence electrons. The molecule has 1 aliphatic rings. The SMILES string of the molecule is CCN(CC)C(=O)CN1CCCN(S(=O)(=O)Cc2ccc([N+](=O)[O-])cc2)CC1. The molecular formula is C18H28N4O5S. The summed E-state index contributed by atoms with van der Waals surface area (Å²) >= 11 is 0. The average Bonchev–Trinajstić information content (AvgIpc) is 2.89. The van der Waals surface area contributed by atoms with Crippen LogP contribution in [0, 0.1) is 10.1 Å². The van der Waals surface area contributed by atoms with Crippen LogP contribution in [0.1, 0.15) is 25.8 Å². The molecule has 0 saturated carbocycles. The molecule has 1 fully saturated rings. The smallest absolute Gasteiger partial charge is 0.269 e. The molecule has 0 radical (unpaired) electrons.